The zero-order valence-corrected chi connectivity index (χ0v) is 24.6. The minimum absolute atomic E-state index is 0.477. The molecule has 8 aromatic rings. The maximum absolute atomic E-state index is 6.08. The van der Waals surface area contributed by atoms with Gasteiger partial charge in [-0.2, -0.15) is 0 Å². The highest BCUT2D eigenvalue weighted by atomic mass is 35.5. The van der Waals surface area contributed by atoms with Crippen molar-refractivity contribution in [3.63, 3.8) is 0 Å². The molecule has 0 aliphatic carbocycles. The monoisotopic (exact) mass is 610 g/mol. The lowest BCUT2D eigenvalue weighted by atomic mass is 10.2. The molecule has 0 radical (unpaired) electrons. The lowest BCUT2D eigenvalue weighted by Gasteiger charge is -2.08. The number of nitrogen functional groups attached to an aromatic ring is 1. The van der Waals surface area contributed by atoms with Crippen LogP contribution in [0.2, 0.25) is 5.15 Å². The van der Waals surface area contributed by atoms with E-state index in [0.29, 0.717) is 16.8 Å². The van der Waals surface area contributed by atoms with Crippen molar-refractivity contribution in [2.24, 2.45) is 0 Å². The van der Waals surface area contributed by atoms with E-state index < -0.39 is 0 Å². The van der Waals surface area contributed by atoms with E-state index in [1.165, 1.54) is 0 Å². The van der Waals surface area contributed by atoms with Crippen LogP contribution in [0.25, 0.3) is 44.8 Å². The van der Waals surface area contributed by atoms with Gasteiger partial charge < -0.3 is 21.0 Å². The first-order chi connectivity index (χ1) is 22.1. The van der Waals surface area contributed by atoms with Crippen molar-refractivity contribution in [1.29, 1.82) is 0 Å². The van der Waals surface area contributed by atoms with Crippen LogP contribution in [0.5, 0.6) is 0 Å². The smallest absolute Gasteiger partial charge is 0.163 e. The predicted octanol–water partition coefficient (Wildman–Crippen LogP) is 7.71. The third kappa shape index (κ3) is 7.27. The molecule has 8 rings (SSSR count). The Morgan fingerprint density at radius 2 is 1.07 bits per heavy atom. The number of nitrogens with two attached hydrogens (primary N) is 1. The summed E-state index contributed by atoms with van der Waals surface area (Å²) in [5, 5.41) is 5.61. The van der Waals surface area contributed by atoms with Crippen LogP contribution < -0.4 is 11.1 Å². The van der Waals surface area contributed by atoms with E-state index >= 15 is 0 Å². The van der Waals surface area contributed by atoms with E-state index in [2.05, 4.69) is 45.2 Å². The summed E-state index contributed by atoms with van der Waals surface area (Å²) in [5.41, 5.74) is 10.5. The number of hydrogen-bond acceptors (Lipinski definition) is 8. The van der Waals surface area contributed by atoms with Crippen LogP contribution in [-0.2, 0) is 0 Å². The third-order valence-electron chi connectivity index (χ3n) is 6.50. The fourth-order valence-electron chi connectivity index (χ4n) is 4.31. The summed E-state index contributed by atoms with van der Waals surface area (Å²) in [6.45, 7) is 0. The molecular weight excluding hydrogens is 584 g/mol. The van der Waals surface area contributed by atoms with Crippen LogP contribution in [0.1, 0.15) is 0 Å². The Balaban J connectivity index is 0.000000135. The lowest BCUT2D eigenvalue weighted by molar-refractivity contribution is 1.20. The highest BCUT2D eigenvalue weighted by Gasteiger charge is 2.11. The van der Waals surface area contributed by atoms with Crippen LogP contribution in [0.15, 0.2) is 134 Å². The maximum atomic E-state index is 6.08. The molecule has 0 fully saturated rings. The second-order valence-electron chi connectivity index (χ2n) is 9.59. The molecule has 10 nitrogen and oxygen atoms in total. The summed E-state index contributed by atoms with van der Waals surface area (Å²) < 4.78 is 0. The Morgan fingerprint density at radius 3 is 1.62 bits per heavy atom. The van der Waals surface area contributed by atoms with E-state index in [1.807, 2.05) is 91.1 Å². The Hall–Kier alpha value is -6.13. The number of nitrogens with one attached hydrogen (secondary N) is 3. The maximum Gasteiger partial charge on any atom is 0.163 e. The molecular formula is C34H27ClN10. The fourth-order valence-corrected chi connectivity index (χ4v) is 4.54. The Labute approximate surface area is 263 Å². The summed E-state index contributed by atoms with van der Waals surface area (Å²) in [6.07, 6.45) is 10.5. The molecule has 0 amide bonds. The molecule has 0 saturated heterocycles. The minimum Gasteiger partial charge on any atom is -0.399 e. The molecule has 5 N–H and O–H groups in total. The molecule has 6 aromatic heterocycles. The van der Waals surface area contributed by atoms with Crippen molar-refractivity contribution in [3.8, 4) is 22.8 Å². The second-order valence-corrected chi connectivity index (χ2v) is 9.95. The summed E-state index contributed by atoms with van der Waals surface area (Å²) in [7, 11) is 0. The summed E-state index contributed by atoms with van der Waals surface area (Å²) >= 11 is 6.08. The SMILES string of the molecule is Clc1nc(-c2ccccc2)nc2[nH]ccc12.Nc1ccncc1.c1ccc(-c2nc(Nc3ccncc3)c3cc[nH]c3n2)cc1. The standard InChI is InChI=1S/C17H13N5.C12H8ClN3.C5H6N2/c1-2-4-12(5-3-1)15-21-16-14(8-11-19-16)17(22-15)20-13-6-9-18-10-7-13;13-10-9-6-7-14-12(9)16-11(15-10)8-4-2-1-3-5-8;6-5-1-3-7-4-2-5/h1-11H,(H2,18,19,20,21,22);1-7H,(H,14,15,16);1-4H,(H2,6,7). The summed E-state index contributed by atoms with van der Waals surface area (Å²) in [5.74, 6) is 2.10. The van der Waals surface area contributed by atoms with Crippen LogP contribution in [0.3, 0.4) is 0 Å². The number of fused-ring (bicyclic) bond motifs is 2. The van der Waals surface area contributed by atoms with Gasteiger partial charge in [0.15, 0.2) is 11.6 Å². The first-order valence-corrected chi connectivity index (χ1v) is 14.3. The number of rotatable bonds is 4. The average molecular weight is 611 g/mol. The lowest BCUT2D eigenvalue weighted by Crippen LogP contribution is -1.98. The van der Waals surface area contributed by atoms with Gasteiger partial charge in [0.1, 0.15) is 22.3 Å². The zero-order valence-electron chi connectivity index (χ0n) is 23.8. The molecule has 220 valence electrons. The Kier molecular flexibility index (Phi) is 8.94. The van der Waals surface area contributed by atoms with Gasteiger partial charge in [-0.25, -0.2) is 19.9 Å². The second kappa shape index (κ2) is 13.9. The zero-order chi connectivity index (χ0) is 30.8. The summed E-state index contributed by atoms with van der Waals surface area (Å²) in [4.78, 5) is 31.9. The molecule has 0 atom stereocenters. The Morgan fingerprint density at radius 1 is 0.556 bits per heavy atom. The van der Waals surface area contributed by atoms with E-state index in [9.17, 15) is 0 Å². The van der Waals surface area contributed by atoms with Gasteiger partial charge in [-0.1, -0.05) is 72.3 Å². The van der Waals surface area contributed by atoms with Gasteiger partial charge in [-0.05, 0) is 36.4 Å². The number of halogens is 1. The van der Waals surface area contributed by atoms with Crippen LogP contribution in [-0.4, -0.2) is 39.9 Å². The van der Waals surface area contributed by atoms with Gasteiger partial charge in [-0.15, -0.1) is 0 Å². The number of nitrogens with zero attached hydrogens (tertiary/aromatic N) is 6. The van der Waals surface area contributed by atoms with Gasteiger partial charge in [0.2, 0.25) is 0 Å². The number of anilines is 3. The van der Waals surface area contributed by atoms with E-state index in [1.54, 1.807) is 43.1 Å². The molecule has 0 aliphatic heterocycles. The molecule has 0 aliphatic rings. The number of aromatic amines is 2. The van der Waals surface area contributed by atoms with Crippen molar-refractivity contribution in [1.82, 2.24) is 39.9 Å². The van der Waals surface area contributed by atoms with Gasteiger partial charge in [-0.3, -0.25) is 9.97 Å². The number of pyridine rings is 2. The normalized spacial score (nSPS) is 10.4. The number of aromatic nitrogens is 8. The number of H-pyrrole nitrogens is 2. The van der Waals surface area contributed by atoms with Crippen molar-refractivity contribution < 1.29 is 0 Å². The van der Waals surface area contributed by atoms with Crippen LogP contribution in [0.4, 0.5) is 17.2 Å². The molecule has 0 spiro atoms. The van der Waals surface area contributed by atoms with E-state index in [0.717, 1.165) is 50.4 Å². The van der Waals surface area contributed by atoms with Gasteiger partial charge in [0.05, 0.1) is 10.8 Å². The Bertz CT molecular complexity index is 2100. The van der Waals surface area contributed by atoms with E-state index in [4.69, 9.17) is 17.3 Å². The van der Waals surface area contributed by atoms with Crippen LogP contribution >= 0.6 is 11.6 Å². The number of benzene rings is 2. The third-order valence-corrected chi connectivity index (χ3v) is 6.79. The van der Waals surface area contributed by atoms with E-state index in [-0.39, 0.29) is 0 Å². The molecule has 0 saturated carbocycles. The van der Waals surface area contributed by atoms with Gasteiger partial charge in [0.25, 0.3) is 0 Å². The molecule has 6 heterocycles. The van der Waals surface area contributed by atoms with Crippen molar-refractivity contribution in [2.45, 2.75) is 0 Å². The highest BCUT2D eigenvalue weighted by Crippen LogP contribution is 2.27. The van der Waals surface area contributed by atoms with Crippen LogP contribution in [0, 0.1) is 0 Å². The topological polar surface area (TPSA) is 147 Å². The van der Waals surface area contributed by atoms with Crippen molar-refractivity contribution in [3.05, 3.63) is 139 Å². The first-order valence-electron chi connectivity index (χ1n) is 13.9. The predicted molar refractivity (Wildman–Crippen MR) is 180 cm³/mol. The molecule has 0 bridgehead atoms. The number of hydrogen-bond donors (Lipinski definition) is 4. The van der Waals surface area contributed by atoms with Crippen molar-refractivity contribution in [2.75, 3.05) is 11.1 Å². The average Bonchev–Trinajstić information content (AvgIpc) is 3.78. The first kappa shape index (κ1) is 29.0. The van der Waals surface area contributed by atoms with Gasteiger partial charge >= 0.3 is 0 Å². The fraction of sp³-hybridized carbons (Fsp3) is 0. The summed E-state index contributed by atoms with van der Waals surface area (Å²) in [6, 6.07) is 30.9. The molecule has 2 aromatic carbocycles. The van der Waals surface area contributed by atoms with Crippen molar-refractivity contribution >= 4 is 50.9 Å². The quantitative estimate of drug-likeness (QED) is 0.148. The largest absolute Gasteiger partial charge is 0.399 e. The molecule has 45 heavy (non-hydrogen) atoms. The van der Waals surface area contributed by atoms with Gasteiger partial charge in [0, 0.05) is 59.7 Å². The highest BCUT2D eigenvalue weighted by molar-refractivity contribution is 6.34. The minimum atomic E-state index is 0.477. The molecule has 11 heteroatoms. The molecule has 0 unspecified atom stereocenters.